The third-order valence-corrected chi connectivity index (χ3v) is 12.7. The molecule has 0 atom stereocenters. The van der Waals surface area contributed by atoms with Crippen LogP contribution in [-0.4, -0.2) is 14.1 Å². The maximum Gasteiger partial charge on any atom is 0.269 e. The summed E-state index contributed by atoms with van der Waals surface area (Å²) in [4.78, 5) is 4.99. The maximum absolute atomic E-state index is 6.99. The Hall–Kier alpha value is -6.72. The number of ether oxygens (including phenoxy) is 1. The number of rotatable bonds is 8. The predicted octanol–water partition coefficient (Wildman–Crippen LogP) is 14.7. The summed E-state index contributed by atoms with van der Waals surface area (Å²) in [6, 6.07) is 54.2. The van der Waals surface area contributed by atoms with Gasteiger partial charge in [-0.05, 0) is 110 Å². The Bertz CT molecular complexity index is 3120. The van der Waals surface area contributed by atoms with Crippen LogP contribution < -0.4 is 9.30 Å². The van der Waals surface area contributed by atoms with E-state index in [-0.39, 0.29) is 21.7 Å². The number of pyridine rings is 1. The second kappa shape index (κ2) is 15.8. The maximum atomic E-state index is 6.99. The highest BCUT2D eigenvalue weighted by molar-refractivity contribution is 6.09. The van der Waals surface area contributed by atoms with E-state index in [0.717, 1.165) is 61.9 Å². The number of imidazole rings is 1. The van der Waals surface area contributed by atoms with Gasteiger partial charge >= 0.3 is 0 Å². The Morgan fingerprint density at radius 3 is 1.81 bits per heavy atom. The molecule has 0 saturated heterocycles. The molecule has 3 aromatic heterocycles. The van der Waals surface area contributed by atoms with Crippen molar-refractivity contribution in [1.29, 1.82) is 0 Å². The van der Waals surface area contributed by atoms with Crippen LogP contribution in [-0.2, 0) is 21.7 Å². The van der Waals surface area contributed by atoms with E-state index in [9.17, 15) is 0 Å². The molecule has 0 fully saturated rings. The number of hydrogen-bond acceptors (Lipinski definition) is 2. The van der Waals surface area contributed by atoms with Gasteiger partial charge in [-0.3, -0.25) is 13.7 Å². The van der Waals surface area contributed by atoms with Crippen LogP contribution in [0.5, 0.6) is 11.5 Å². The fraction of sp³-hybridized carbons (Fsp3) is 0.254. The third-order valence-electron chi connectivity index (χ3n) is 12.7. The van der Waals surface area contributed by atoms with E-state index in [0.29, 0.717) is 0 Å². The van der Waals surface area contributed by atoms with Crippen LogP contribution in [0.1, 0.15) is 104 Å². The van der Waals surface area contributed by atoms with Crippen molar-refractivity contribution in [3.63, 3.8) is 0 Å². The van der Waals surface area contributed by atoms with Crippen molar-refractivity contribution >= 4 is 21.8 Å². The lowest BCUT2D eigenvalue weighted by Gasteiger charge is -2.26. The molecule has 64 heavy (non-hydrogen) atoms. The van der Waals surface area contributed by atoms with E-state index in [2.05, 4.69) is 254 Å². The van der Waals surface area contributed by atoms with Gasteiger partial charge in [-0.25, -0.2) is 4.98 Å². The first-order valence-electron chi connectivity index (χ1n) is 22.5. The monoisotopic (exact) mass is 840 g/mol. The van der Waals surface area contributed by atoms with Crippen molar-refractivity contribution in [2.45, 2.75) is 97.8 Å². The first-order chi connectivity index (χ1) is 30.3. The lowest BCUT2D eigenvalue weighted by atomic mass is 9.78. The van der Waals surface area contributed by atoms with Gasteiger partial charge in [0.15, 0.2) is 0 Å². The molecule has 9 aromatic rings. The zero-order valence-corrected chi connectivity index (χ0v) is 39.3. The molecule has 6 aromatic carbocycles. The molecule has 5 heteroatoms. The molecule has 0 N–H and O–H groups in total. The van der Waals surface area contributed by atoms with E-state index < -0.39 is 0 Å². The number of hydrogen-bond donors (Lipinski definition) is 0. The predicted molar refractivity (Wildman–Crippen MR) is 265 cm³/mol. The highest BCUT2D eigenvalue weighted by atomic mass is 16.5. The summed E-state index contributed by atoms with van der Waals surface area (Å²) in [6.07, 6.45) is 7.99. The van der Waals surface area contributed by atoms with Gasteiger partial charge in [0, 0.05) is 34.6 Å². The lowest BCUT2D eigenvalue weighted by Crippen LogP contribution is -2.30. The number of aromatic nitrogens is 4. The van der Waals surface area contributed by atoms with E-state index in [1.807, 2.05) is 6.20 Å². The number of fused-ring (bicyclic) bond motifs is 3. The molecule has 5 nitrogen and oxygen atoms in total. The van der Waals surface area contributed by atoms with Crippen LogP contribution in [0.25, 0.3) is 50.1 Å². The fourth-order valence-corrected chi connectivity index (χ4v) is 8.76. The Kier molecular flexibility index (Phi) is 10.5. The molecule has 0 aliphatic rings. The standard InChI is InChI=1S/C59H60N4O/c1-56(2,3)44-32-45(57(4,5)6)34-46(33-44)61-38-54(58(7,8)9)62(39-61)47-30-41(40-20-14-12-15-21-40)31-49(36-47)64-48-26-27-51-50-24-18-19-25-52(50)63(53(51)37-48)55-35-43(28-29-60-55)59(10,11)42-22-16-13-17-23-42/h12-38H,1-11H3. The minimum absolute atomic E-state index is 0.0144. The van der Waals surface area contributed by atoms with Gasteiger partial charge in [0.05, 0.1) is 28.1 Å². The normalized spacial score (nSPS) is 12.6. The van der Waals surface area contributed by atoms with Gasteiger partial charge in [-0.1, -0.05) is 161 Å². The highest BCUT2D eigenvalue weighted by Crippen LogP contribution is 2.39. The molecular formula is C59H60N4O. The van der Waals surface area contributed by atoms with Gasteiger partial charge < -0.3 is 4.74 Å². The van der Waals surface area contributed by atoms with Gasteiger partial charge in [-0.15, -0.1) is 0 Å². The number of benzene rings is 6. The second-order valence-electron chi connectivity index (χ2n) is 20.9. The molecule has 322 valence electrons. The van der Waals surface area contributed by atoms with Gasteiger partial charge in [0.1, 0.15) is 17.3 Å². The molecule has 0 spiro atoms. The Morgan fingerprint density at radius 1 is 0.500 bits per heavy atom. The molecule has 0 unspecified atom stereocenters. The minimum atomic E-state index is -0.220. The van der Waals surface area contributed by atoms with E-state index in [4.69, 9.17) is 9.72 Å². The molecule has 0 aliphatic carbocycles. The van der Waals surface area contributed by atoms with Crippen LogP contribution in [0.15, 0.2) is 164 Å². The minimum Gasteiger partial charge on any atom is -0.458 e. The molecule has 3 heterocycles. The van der Waals surface area contributed by atoms with Gasteiger partial charge in [0.25, 0.3) is 6.33 Å². The summed E-state index contributed by atoms with van der Waals surface area (Å²) >= 11 is 0. The van der Waals surface area contributed by atoms with E-state index in [1.165, 1.54) is 27.6 Å². The molecule has 0 radical (unpaired) electrons. The molecule has 0 bridgehead atoms. The summed E-state index contributed by atoms with van der Waals surface area (Å²) in [7, 11) is 0. The molecule has 0 saturated carbocycles. The zero-order valence-electron chi connectivity index (χ0n) is 39.3. The van der Waals surface area contributed by atoms with Crippen molar-refractivity contribution in [2.75, 3.05) is 0 Å². The first-order valence-corrected chi connectivity index (χ1v) is 22.5. The quantitative estimate of drug-likeness (QED) is 0.113. The molecule has 0 aliphatic heterocycles. The van der Waals surface area contributed by atoms with Crippen LogP contribution in [0, 0.1) is 6.33 Å². The molecule has 0 amide bonds. The fourth-order valence-electron chi connectivity index (χ4n) is 8.76. The first kappa shape index (κ1) is 42.6. The average Bonchev–Trinajstić information content (AvgIpc) is 3.87. The largest absolute Gasteiger partial charge is 0.458 e. The van der Waals surface area contributed by atoms with Crippen molar-refractivity contribution in [2.24, 2.45) is 0 Å². The number of nitrogens with zero attached hydrogens (tertiary/aromatic N) is 4. The highest BCUT2D eigenvalue weighted by Gasteiger charge is 2.27. The molecular weight excluding hydrogens is 781 g/mol. The zero-order chi connectivity index (χ0) is 45.2. The van der Waals surface area contributed by atoms with Crippen LogP contribution in [0.4, 0.5) is 0 Å². The lowest BCUT2D eigenvalue weighted by molar-refractivity contribution is -0.599. The summed E-state index contributed by atoms with van der Waals surface area (Å²) in [5.74, 6) is 2.35. The smallest absolute Gasteiger partial charge is 0.269 e. The van der Waals surface area contributed by atoms with E-state index in [1.54, 1.807) is 0 Å². The Morgan fingerprint density at radius 2 is 1.14 bits per heavy atom. The van der Waals surface area contributed by atoms with Crippen molar-refractivity contribution in [1.82, 2.24) is 14.1 Å². The SMILES string of the molecule is CC(C)(C)c1cc(-[n+]2[c-]n(-c3cc(Oc4ccc5c6ccccc6n(-c6cc(C(C)(C)c7ccccc7)ccn6)c5c4)cc(-c4ccccc4)c3)c(C(C)(C)C)c2)cc(C(C)(C)C)c1. The number of para-hydroxylation sites is 1. The van der Waals surface area contributed by atoms with Crippen molar-refractivity contribution < 1.29 is 9.30 Å². The van der Waals surface area contributed by atoms with Crippen molar-refractivity contribution in [3.05, 3.63) is 198 Å². The summed E-state index contributed by atoms with van der Waals surface area (Å²) in [5, 5.41) is 2.31. The van der Waals surface area contributed by atoms with Crippen LogP contribution in [0.3, 0.4) is 0 Å². The molecule has 9 rings (SSSR count). The van der Waals surface area contributed by atoms with Gasteiger partial charge in [0.2, 0.25) is 0 Å². The average molecular weight is 841 g/mol. The van der Waals surface area contributed by atoms with E-state index >= 15 is 0 Å². The Labute approximate surface area is 379 Å². The summed E-state index contributed by atoms with van der Waals surface area (Å²) in [6.45, 7) is 25.1. The van der Waals surface area contributed by atoms with Gasteiger partial charge in [-0.2, -0.15) is 0 Å². The summed E-state index contributed by atoms with van der Waals surface area (Å²) < 4.78 is 13.7. The van der Waals surface area contributed by atoms with Crippen LogP contribution >= 0.6 is 0 Å². The Balaban J connectivity index is 1.18. The van der Waals surface area contributed by atoms with Crippen molar-refractivity contribution in [3.8, 4) is 39.8 Å². The topological polar surface area (TPSA) is 35.9 Å². The third kappa shape index (κ3) is 8.16. The van der Waals surface area contributed by atoms with Crippen LogP contribution in [0.2, 0.25) is 0 Å². The second-order valence-corrected chi connectivity index (χ2v) is 20.9. The summed E-state index contributed by atoms with van der Waals surface area (Å²) in [5.41, 5.74) is 12.1.